The minimum absolute atomic E-state index is 0.0113. The van der Waals surface area contributed by atoms with Crippen LogP contribution in [0, 0.1) is 5.82 Å². The number of carbonyl (C=O) groups is 1. The molecule has 0 aliphatic carbocycles. The number of hydrogen-bond donors (Lipinski definition) is 1. The maximum Gasteiger partial charge on any atom is 0.224 e. The number of pyridine rings is 1. The van der Waals surface area contributed by atoms with Crippen LogP contribution < -0.4 is 5.73 Å². The Kier molecular flexibility index (Phi) is 5.28. The Labute approximate surface area is 115 Å². The second-order valence-corrected chi connectivity index (χ2v) is 6.79. The van der Waals surface area contributed by atoms with E-state index in [4.69, 9.17) is 5.73 Å². The van der Waals surface area contributed by atoms with Gasteiger partial charge >= 0.3 is 0 Å². The number of carbonyl (C=O) groups excluding carboxylic acids is 1. The summed E-state index contributed by atoms with van der Waals surface area (Å²) >= 11 is -1.19. The molecule has 106 valence electrons. The molecule has 0 radical (unpaired) electrons. The number of quaternary nitrogens is 1. The molecule has 0 aromatic carbocycles. The molecule has 19 heavy (non-hydrogen) atoms. The standard InChI is InChI=1S/C12H18FN3O2S/c1-4-19(18)16(2,3)11(7-12(14)17)10-6-5-9(13)8-15-10/h5-6,8,11H,4,7H2,1-3H3,(H-,14,17)/p+1. The van der Waals surface area contributed by atoms with Crippen LogP contribution in [0.25, 0.3) is 0 Å². The molecular weight excluding hydrogens is 269 g/mol. The Morgan fingerprint density at radius 2 is 2.21 bits per heavy atom. The van der Waals surface area contributed by atoms with Gasteiger partial charge in [-0.3, -0.25) is 9.78 Å². The summed E-state index contributed by atoms with van der Waals surface area (Å²) in [6, 6.07) is 2.31. The number of primary amides is 1. The van der Waals surface area contributed by atoms with Crippen molar-refractivity contribution in [1.29, 1.82) is 0 Å². The highest BCUT2D eigenvalue weighted by Crippen LogP contribution is 2.30. The van der Waals surface area contributed by atoms with Crippen molar-refractivity contribution in [1.82, 2.24) is 4.98 Å². The Morgan fingerprint density at radius 3 is 2.63 bits per heavy atom. The van der Waals surface area contributed by atoms with Crippen molar-refractivity contribution >= 4 is 17.3 Å². The predicted octanol–water partition coefficient (Wildman–Crippen LogP) is 0.897. The number of halogens is 1. The fourth-order valence-corrected chi connectivity index (χ4v) is 3.02. The van der Waals surface area contributed by atoms with Gasteiger partial charge in [0.2, 0.25) is 5.91 Å². The van der Waals surface area contributed by atoms with Crippen molar-refractivity contribution in [3.8, 4) is 0 Å². The molecule has 7 heteroatoms. The van der Waals surface area contributed by atoms with Crippen molar-refractivity contribution in [3.05, 3.63) is 29.8 Å². The summed E-state index contributed by atoms with van der Waals surface area (Å²) in [6.07, 6.45) is 1.09. The van der Waals surface area contributed by atoms with E-state index in [1.807, 2.05) is 0 Å². The van der Waals surface area contributed by atoms with Gasteiger partial charge in [-0.15, -0.1) is 3.89 Å². The zero-order valence-corrected chi connectivity index (χ0v) is 12.1. The number of amides is 1. The lowest BCUT2D eigenvalue weighted by atomic mass is 10.1. The fourth-order valence-electron chi connectivity index (χ4n) is 1.89. The van der Waals surface area contributed by atoms with Crippen LogP contribution in [0.15, 0.2) is 18.3 Å². The molecule has 1 aromatic heterocycles. The quantitative estimate of drug-likeness (QED) is 0.624. The molecule has 2 atom stereocenters. The number of hydrogen-bond acceptors (Lipinski definition) is 3. The number of nitrogens with zero attached hydrogens (tertiary/aromatic N) is 2. The Hall–Kier alpha value is -1.18. The Bertz CT molecular complexity index is 439. The van der Waals surface area contributed by atoms with Crippen LogP contribution in [0.2, 0.25) is 0 Å². The average molecular weight is 288 g/mol. The van der Waals surface area contributed by atoms with E-state index in [1.54, 1.807) is 21.0 Å². The van der Waals surface area contributed by atoms with Crippen molar-refractivity contribution in [3.63, 3.8) is 0 Å². The lowest BCUT2D eigenvalue weighted by Crippen LogP contribution is -2.50. The Morgan fingerprint density at radius 1 is 1.58 bits per heavy atom. The molecule has 0 saturated heterocycles. The fraction of sp³-hybridized carbons (Fsp3) is 0.500. The topological polar surface area (TPSA) is 79.0 Å². The first-order valence-corrected chi connectivity index (χ1v) is 7.19. The highest BCUT2D eigenvalue weighted by atomic mass is 32.2. The van der Waals surface area contributed by atoms with E-state index in [-0.39, 0.29) is 10.3 Å². The first-order chi connectivity index (χ1) is 8.78. The van der Waals surface area contributed by atoms with Crippen LogP contribution in [-0.2, 0) is 16.2 Å². The van der Waals surface area contributed by atoms with Crippen LogP contribution in [0.1, 0.15) is 25.1 Å². The molecule has 0 aliphatic rings. The van der Waals surface area contributed by atoms with Crippen LogP contribution in [-0.4, -0.2) is 39.2 Å². The van der Waals surface area contributed by atoms with Gasteiger partial charge in [-0.25, -0.2) is 4.39 Å². The van der Waals surface area contributed by atoms with Gasteiger partial charge in [0.15, 0.2) is 11.8 Å². The van der Waals surface area contributed by atoms with E-state index < -0.39 is 29.1 Å². The molecule has 1 heterocycles. The van der Waals surface area contributed by atoms with Gasteiger partial charge in [-0.2, -0.15) is 0 Å². The van der Waals surface area contributed by atoms with Crippen LogP contribution >= 0.6 is 0 Å². The van der Waals surface area contributed by atoms with Crippen LogP contribution in [0.5, 0.6) is 0 Å². The minimum Gasteiger partial charge on any atom is -0.566 e. The average Bonchev–Trinajstić information content (AvgIpc) is 2.35. The maximum atomic E-state index is 12.9. The maximum absolute atomic E-state index is 12.9. The summed E-state index contributed by atoms with van der Waals surface area (Å²) < 4.78 is 25.1. The monoisotopic (exact) mass is 288 g/mol. The van der Waals surface area contributed by atoms with E-state index >= 15 is 0 Å². The lowest BCUT2D eigenvalue weighted by Gasteiger charge is -2.35. The van der Waals surface area contributed by atoms with Crippen LogP contribution in [0.3, 0.4) is 0 Å². The smallest absolute Gasteiger partial charge is 0.224 e. The van der Waals surface area contributed by atoms with Gasteiger partial charge < -0.3 is 10.3 Å². The zero-order valence-electron chi connectivity index (χ0n) is 11.3. The van der Waals surface area contributed by atoms with Crippen LogP contribution in [0.4, 0.5) is 4.39 Å². The summed E-state index contributed by atoms with van der Waals surface area (Å²) in [5.41, 5.74) is 5.76. The van der Waals surface area contributed by atoms with E-state index in [1.165, 1.54) is 12.1 Å². The summed E-state index contributed by atoms with van der Waals surface area (Å²) in [4.78, 5) is 15.2. The van der Waals surface area contributed by atoms with E-state index in [2.05, 4.69) is 4.98 Å². The molecule has 0 spiro atoms. The van der Waals surface area contributed by atoms with Gasteiger partial charge in [0.25, 0.3) is 0 Å². The second kappa shape index (κ2) is 6.31. The largest absolute Gasteiger partial charge is 0.566 e. The third kappa shape index (κ3) is 3.89. The highest BCUT2D eigenvalue weighted by molar-refractivity contribution is 7.85. The van der Waals surface area contributed by atoms with E-state index in [9.17, 15) is 13.7 Å². The van der Waals surface area contributed by atoms with Crippen molar-refractivity contribution in [2.75, 3.05) is 19.8 Å². The van der Waals surface area contributed by atoms with Crippen molar-refractivity contribution in [2.45, 2.75) is 19.4 Å². The Balaban J connectivity index is 3.14. The summed E-state index contributed by atoms with van der Waals surface area (Å²) in [5, 5.41) is 0. The minimum atomic E-state index is -1.19. The van der Waals surface area contributed by atoms with Gasteiger partial charge in [0.1, 0.15) is 37.0 Å². The van der Waals surface area contributed by atoms with Gasteiger partial charge in [0, 0.05) is 0 Å². The molecule has 1 rings (SSSR count). The molecule has 1 aromatic rings. The third-order valence-corrected chi connectivity index (χ3v) is 4.81. The summed E-state index contributed by atoms with van der Waals surface area (Å²) in [7, 11) is 3.50. The molecule has 2 N–H and O–H groups in total. The third-order valence-electron chi connectivity index (χ3n) is 3.01. The normalized spacial score (nSPS) is 15.0. The molecule has 1 amide bonds. The highest BCUT2D eigenvalue weighted by Gasteiger charge is 2.42. The van der Waals surface area contributed by atoms with Crippen molar-refractivity contribution < 1.29 is 17.6 Å². The predicted molar refractivity (Wildman–Crippen MR) is 71.5 cm³/mol. The molecular formula is C12H19FN3O2S+. The molecule has 0 aliphatic heterocycles. The molecule has 5 nitrogen and oxygen atoms in total. The SMILES string of the molecule is CC[S+]([O-])[N+](C)(C)C(CC(N)=O)c1ccc(F)cn1. The number of rotatable bonds is 6. The van der Waals surface area contributed by atoms with Gasteiger partial charge in [-0.05, 0) is 19.1 Å². The number of aromatic nitrogens is 1. The lowest BCUT2D eigenvalue weighted by molar-refractivity contribution is -0.798. The second-order valence-electron chi connectivity index (χ2n) is 4.63. The summed E-state index contributed by atoms with van der Waals surface area (Å²) in [5.74, 6) is -0.511. The first-order valence-electron chi connectivity index (χ1n) is 5.91. The van der Waals surface area contributed by atoms with E-state index in [0.717, 1.165) is 6.20 Å². The first kappa shape index (κ1) is 15.9. The van der Waals surface area contributed by atoms with E-state index in [0.29, 0.717) is 11.4 Å². The zero-order chi connectivity index (χ0) is 14.6. The molecule has 0 bridgehead atoms. The van der Waals surface area contributed by atoms with Gasteiger partial charge in [-0.1, -0.05) is 0 Å². The molecule has 0 saturated carbocycles. The van der Waals surface area contributed by atoms with Gasteiger partial charge in [0.05, 0.1) is 12.6 Å². The number of nitrogens with two attached hydrogens (primary N) is 1. The molecule has 2 unspecified atom stereocenters. The molecule has 0 fully saturated rings. The summed E-state index contributed by atoms with van der Waals surface area (Å²) in [6.45, 7) is 1.80. The van der Waals surface area contributed by atoms with Crippen molar-refractivity contribution in [2.24, 2.45) is 5.73 Å².